The average molecular weight is 273 g/mol. The highest BCUT2D eigenvalue weighted by Gasteiger charge is 2.22. The molecule has 0 radical (unpaired) electrons. The predicted octanol–water partition coefficient (Wildman–Crippen LogP) is 2.89. The summed E-state index contributed by atoms with van der Waals surface area (Å²) in [5.74, 6) is 0.288. The number of ether oxygens (including phenoxy) is 1. The van der Waals surface area contributed by atoms with E-state index in [1.165, 1.54) is 7.11 Å². The summed E-state index contributed by atoms with van der Waals surface area (Å²) >= 11 is 0. The molecule has 0 fully saturated rings. The topological polar surface area (TPSA) is 51.5 Å². The van der Waals surface area contributed by atoms with E-state index in [1.807, 2.05) is 49.4 Å². The van der Waals surface area contributed by atoms with Gasteiger partial charge in [0.25, 0.3) is 0 Å². The van der Waals surface area contributed by atoms with Crippen LogP contribution in [-0.4, -0.2) is 19.6 Å². The first-order valence-electron chi connectivity index (χ1n) is 6.62. The standard InChI is InChI=1S/C16H19NO3/c1-12(15-9-6-10-20-15)17-11-14(16(18)19-2)13-7-4-3-5-8-13/h3-10,12,14,17H,11H2,1-2H3/t12-,14?/m1/s1. The highest BCUT2D eigenvalue weighted by molar-refractivity contribution is 5.78. The molecule has 0 saturated heterocycles. The Hall–Kier alpha value is -2.07. The van der Waals surface area contributed by atoms with Crippen LogP contribution in [0.25, 0.3) is 0 Å². The van der Waals surface area contributed by atoms with E-state index >= 15 is 0 Å². The summed E-state index contributed by atoms with van der Waals surface area (Å²) in [4.78, 5) is 11.9. The third-order valence-electron chi connectivity index (χ3n) is 3.29. The van der Waals surface area contributed by atoms with Gasteiger partial charge in [-0.2, -0.15) is 0 Å². The van der Waals surface area contributed by atoms with Crippen molar-refractivity contribution in [1.82, 2.24) is 5.32 Å². The van der Waals surface area contributed by atoms with Crippen LogP contribution < -0.4 is 5.32 Å². The molecule has 4 heteroatoms. The fourth-order valence-electron chi connectivity index (χ4n) is 2.10. The van der Waals surface area contributed by atoms with Gasteiger partial charge in [-0.1, -0.05) is 30.3 Å². The van der Waals surface area contributed by atoms with Crippen LogP contribution in [-0.2, 0) is 9.53 Å². The molecule has 1 aromatic heterocycles. The summed E-state index contributed by atoms with van der Waals surface area (Å²) in [5, 5.41) is 3.30. The molecule has 0 aliphatic rings. The minimum Gasteiger partial charge on any atom is -0.469 e. The number of esters is 1. The molecule has 0 saturated carbocycles. The molecule has 1 aromatic carbocycles. The molecule has 2 atom stereocenters. The van der Waals surface area contributed by atoms with Crippen LogP contribution in [0.1, 0.15) is 30.2 Å². The summed E-state index contributed by atoms with van der Waals surface area (Å²) in [6.45, 7) is 2.50. The molecule has 20 heavy (non-hydrogen) atoms. The van der Waals surface area contributed by atoms with E-state index < -0.39 is 0 Å². The van der Waals surface area contributed by atoms with Crippen LogP contribution in [0.5, 0.6) is 0 Å². The number of nitrogens with one attached hydrogen (secondary N) is 1. The van der Waals surface area contributed by atoms with Gasteiger partial charge in [0.05, 0.1) is 25.3 Å². The Bertz CT molecular complexity index is 522. The third kappa shape index (κ3) is 3.48. The minimum atomic E-state index is -0.321. The maximum absolute atomic E-state index is 11.9. The van der Waals surface area contributed by atoms with Crippen molar-refractivity contribution in [3.8, 4) is 0 Å². The van der Waals surface area contributed by atoms with Gasteiger partial charge in [0.15, 0.2) is 0 Å². The van der Waals surface area contributed by atoms with Crippen LogP contribution >= 0.6 is 0 Å². The van der Waals surface area contributed by atoms with Crippen molar-refractivity contribution in [2.75, 3.05) is 13.7 Å². The first kappa shape index (κ1) is 14.3. The Morgan fingerprint density at radius 2 is 2.00 bits per heavy atom. The van der Waals surface area contributed by atoms with Gasteiger partial charge in [-0.3, -0.25) is 4.79 Å². The Morgan fingerprint density at radius 1 is 1.25 bits per heavy atom. The number of hydrogen-bond donors (Lipinski definition) is 1. The van der Waals surface area contributed by atoms with Crippen molar-refractivity contribution in [2.45, 2.75) is 18.9 Å². The van der Waals surface area contributed by atoms with Gasteiger partial charge < -0.3 is 14.5 Å². The van der Waals surface area contributed by atoms with Crippen molar-refractivity contribution < 1.29 is 13.9 Å². The summed E-state index contributed by atoms with van der Waals surface area (Å²) in [6, 6.07) is 13.4. The zero-order chi connectivity index (χ0) is 14.4. The van der Waals surface area contributed by atoms with Crippen molar-refractivity contribution >= 4 is 5.97 Å². The lowest BCUT2D eigenvalue weighted by atomic mass is 9.99. The van der Waals surface area contributed by atoms with E-state index in [0.717, 1.165) is 11.3 Å². The molecule has 0 spiro atoms. The second-order valence-corrected chi connectivity index (χ2v) is 4.63. The van der Waals surface area contributed by atoms with Gasteiger partial charge in [-0.15, -0.1) is 0 Å². The van der Waals surface area contributed by atoms with Crippen LogP contribution in [0.4, 0.5) is 0 Å². The maximum atomic E-state index is 11.9. The Labute approximate surface area is 118 Å². The predicted molar refractivity (Wildman–Crippen MR) is 76.3 cm³/mol. The first-order chi connectivity index (χ1) is 9.72. The second-order valence-electron chi connectivity index (χ2n) is 4.63. The molecule has 0 aliphatic carbocycles. The third-order valence-corrected chi connectivity index (χ3v) is 3.29. The molecule has 2 aromatic rings. The Morgan fingerprint density at radius 3 is 2.60 bits per heavy atom. The first-order valence-corrected chi connectivity index (χ1v) is 6.62. The summed E-state index contributed by atoms with van der Waals surface area (Å²) in [7, 11) is 1.41. The molecular weight excluding hydrogens is 254 g/mol. The molecule has 0 amide bonds. The van der Waals surface area contributed by atoms with Gasteiger partial charge in [-0.25, -0.2) is 0 Å². The van der Waals surface area contributed by atoms with E-state index in [1.54, 1.807) is 6.26 Å². The number of hydrogen-bond acceptors (Lipinski definition) is 4. The van der Waals surface area contributed by atoms with E-state index in [-0.39, 0.29) is 17.9 Å². The molecule has 1 unspecified atom stereocenters. The smallest absolute Gasteiger partial charge is 0.314 e. The molecule has 0 aliphatic heterocycles. The van der Waals surface area contributed by atoms with Crippen molar-refractivity contribution in [1.29, 1.82) is 0 Å². The number of carbonyl (C=O) groups excluding carboxylic acids is 1. The van der Waals surface area contributed by atoms with E-state index in [4.69, 9.17) is 9.15 Å². The molecule has 4 nitrogen and oxygen atoms in total. The average Bonchev–Trinajstić information content (AvgIpc) is 3.02. The lowest BCUT2D eigenvalue weighted by Crippen LogP contribution is -2.29. The zero-order valence-electron chi connectivity index (χ0n) is 11.7. The van der Waals surface area contributed by atoms with Crippen LogP contribution in [0.2, 0.25) is 0 Å². The van der Waals surface area contributed by atoms with Gasteiger partial charge >= 0.3 is 5.97 Å². The number of furan rings is 1. The van der Waals surface area contributed by atoms with Crippen molar-refractivity contribution in [3.05, 3.63) is 60.1 Å². The van der Waals surface area contributed by atoms with Gasteiger partial charge in [-0.05, 0) is 24.6 Å². The molecule has 2 rings (SSSR count). The molecule has 106 valence electrons. The number of methoxy groups -OCH3 is 1. The number of benzene rings is 1. The van der Waals surface area contributed by atoms with Crippen LogP contribution in [0.3, 0.4) is 0 Å². The number of rotatable bonds is 6. The Balaban J connectivity index is 2.04. The van der Waals surface area contributed by atoms with Gasteiger partial charge in [0.2, 0.25) is 0 Å². The van der Waals surface area contributed by atoms with E-state index in [2.05, 4.69) is 5.32 Å². The van der Waals surface area contributed by atoms with Gasteiger partial charge in [0, 0.05) is 6.54 Å². The number of carbonyl (C=O) groups is 1. The fraction of sp³-hybridized carbons (Fsp3) is 0.312. The SMILES string of the molecule is COC(=O)C(CN[C@H](C)c1ccco1)c1ccccc1. The molecule has 0 bridgehead atoms. The maximum Gasteiger partial charge on any atom is 0.314 e. The molecular formula is C16H19NO3. The van der Waals surface area contributed by atoms with E-state index in [0.29, 0.717) is 6.54 Å². The summed E-state index contributed by atoms with van der Waals surface area (Å²) in [5.41, 5.74) is 0.943. The molecule has 1 heterocycles. The highest BCUT2D eigenvalue weighted by atomic mass is 16.5. The summed E-state index contributed by atoms with van der Waals surface area (Å²) < 4.78 is 10.2. The zero-order valence-corrected chi connectivity index (χ0v) is 11.7. The summed E-state index contributed by atoms with van der Waals surface area (Å²) in [6.07, 6.45) is 1.64. The van der Waals surface area contributed by atoms with Crippen molar-refractivity contribution in [3.63, 3.8) is 0 Å². The lowest BCUT2D eigenvalue weighted by molar-refractivity contribution is -0.142. The quantitative estimate of drug-likeness (QED) is 0.822. The highest BCUT2D eigenvalue weighted by Crippen LogP contribution is 2.19. The molecule has 1 N–H and O–H groups in total. The Kier molecular flexibility index (Phi) is 4.96. The van der Waals surface area contributed by atoms with Crippen LogP contribution in [0, 0.1) is 0 Å². The lowest BCUT2D eigenvalue weighted by Gasteiger charge is -2.18. The minimum absolute atomic E-state index is 0.0425. The van der Waals surface area contributed by atoms with Crippen molar-refractivity contribution in [2.24, 2.45) is 0 Å². The normalized spacial score (nSPS) is 13.7. The second kappa shape index (κ2) is 6.91. The van der Waals surface area contributed by atoms with E-state index in [9.17, 15) is 4.79 Å². The largest absolute Gasteiger partial charge is 0.469 e. The van der Waals surface area contributed by atoms with Gasteiger partial charge in [0.1, 0.15) is 5.76 Å². The van der Waals surface area contributed by atoms with Crippen LogP contribution in [0.15, 0.2) is 53.1 Å². The monoisotopic (exact) mass is 273 g/mol. The fourth-order valence-corrected chi connectivity index (χ4v) is 2.10.